The molecule has 0 fully saturated rings. The molecule has 0 radical (unpaired) electrons. The fraction of sp³-hybridized carbons (Fsp3) is 0.150. The topological polar surface area (TPSA) is 63.1 Å². The summed E-state index contributed by atoms with van der Waals surface area (Å²) in [6.07, 6.45) is 0. The maximum absolute atomic E-state index is 12.4. The first-order valence-corrected chi connectivity index (χ1v) is 9.34. The highest BCUT2D eigenvalue weighted by atomic mass is 32.2. The van der Waals surface area contributed by atoms with E-state index in [1.807, 2.05) is 37.3 Å². The van der Waals surface area contributed by atoms with Gasteiger partial charge in [0.2, 0.25) is 0 Å². The Kier molecular flexibility index (Phi) is 4.34. The van der Waals surface area contributed by atoms with Gasteiger partial charge in [0.1, 0.15) is 0 Å². The Labute approximate surface area is 155 Å². The number of fused-ring (bicyclic) bond motifs is 1. The predicted octanol–water partition coefficient (Wildman–Crippen LogP) is 3.99. The lowest BCUT2D eigenvalue weighted by Gasteiger charge is -2.04. The lowest BCUT2D eigenvalue weighted by atomic mass is 10.1. The highest BCUT2D eigenvalue weighted by molar-refractivity contribution is 7.98. The fourth-order valence-electron chi connectivity index (χ4n) is 2.88. The molecule has 0 saturated heterocycles. The number of rotatable bonds is 4. The van der Waals surface area contributed by atoms with Crippen molar-refractivity contribution < 1.29 is 0 Å². The van der Waals surface area contributed by atoms with E-state index in [0.29, 0.717) is 10.8 Å². The molecular weight excluding hydrogens is 344 g/mol. The third kappa shape index (κ3) is 3.15. The van der Waals surface area contributed by atoms with Crippen molar-refractivity contribution in [2.24, 2.45) is 0 Å². The molecule has 0 unspecified atom stereocenters. The number of aryl methyl sites for hydroxylation is 2. The van der Waals surface area contributed by atoms with Gasteiger partial charge in [-0.25, -0.2) is 9.78 Å². The summed E-state index contributed by atoms with van der Waals surface area (Å²) in [6, 6.07) is 18.3. The SMILES string of the molecule is Cc1ccc(CSc2nc3c(-c4ccccc4)c(C)nn3c(=O)[nH]2)cc1. The van der Waals surface area contributed by atoms with E-state index in [2.05, 4.69) is 46.3 Å². The van der Waals surface area contributed by atoms with E-state index in [9.17, 15) is 4.79 Å². The number of hydrogen-bond acceptors (Lipinski definition) is 4. The average molecular weight is 362 g/mol. The van der Waals surface area contributed by atoms with E-state index < -0.39 is 0 Å². The van der Waals surface area contributed by atoms with Crippen LogP contribution in [0.2, 0.25) is 0 Å². The van der Waals surface area contributed by atoms with Crippen LogP contribution in [-0.4, -0.2) is 19.6 Å². The average Bonchev–Trinajstić information content (AvgIpc) is 2.98. The van der Waals surface area contributed by atoms with Gasteiger partial charge in [-0.15, -0.1) is 0 Å². The Morgan fingerprint density at radius 3 is 2.50 bits per heavy atom. The maximum atomic E-state index is 12.4. The van der Waals surface area contributed by atoms with Gasteiger partial charge in [0.25, 0.3) is 0 Å². The predicted molar refractivity (Wildman–Crippen MR) is 105 cm³/mol. The van der Waals surface area contributed by atoms with Crippen LogP contribution in [0.15, 0.2) is 64.5 Å². The number of benzene rings is 2. The Bertz CT molecular complexity index is 1110. The molecule has 0 bridgehead atoms. The minimum atomic E-state index is -0.272. The summed E-state index contributed by atoms with van der Waals surface area (Å²) in [5.74, 6) is 0.743. The molecule has 0 aliphatic carbocycles. The maximum Gasteiger partial charge on any atom is 0.350 e. The van der Waals surface area contributed by atoms with Gasteiger partial charge < -0.3 is 0 Å². The van der Waals surface area contributed by atoms with E-state index in [0.717, 1.165) is 22.6 Å². The summed E-state index contributed by atoms with van der Waals surface area (Å²) >= 11 is 1.51. The molecule has 5 nitrogen and oxygen atoms in total. The second kappa shape index (κ2) is 6.80. The Balaban J connectivity index is 1.73. The van der Waals surface area contributed by atoms with Crippen LogP contribution in [0.25, 0.3) is 16.8 Å². The molecule has 0 aliphatic heterocycles. The molecule has 0 atom stereocenters. The van der Waals surface area contributed by atoms with Crippen molar-refractivity contribution in [3.05, 3.63) is 81.9 Å². The fourth-order valence-corrected chi connectivity index (χ4v) is 3.68. The summed E-state index contributed by atoms with van der Waals surface area (Å²) in [4.78, 5) is 19.9. The molecular formula is C20H18N4OS. The molecule has 4 aromatic rings. The molecule has 2 heterocycles. The van der Waals surface area contributed by atoms with Crippen molar-refractivity contribution in [1.82, 2.24) is 19.6 Å². The van der Waals surface area contributed by atoms with Crippen LogP contribution in [0.5, 0.6) is 0 Å². The second-order valence-electron chi connectivity index (χ2n) is 6.18. The Morgan fingerprint density at radius 2 is 1.77 bits per heavy atom. The molecule has 0 amide bonds. The summed E-state index contributed by atoms with van der Waals surface area (Å²) in [7, 11) is 0. The van der Waals surface area contributed by atoms with Gasteiger partial charge in [-0.2, -0.15) is 9.61 Å². The first kappa shape index (κ1) is 16.6. The lowest BCUT2D eigenvalue weighted by Crippen LogP contribution is -2.19. The lowest BCUT2D eigenvalue weighted by molar-refractivity contribution is 0.780. The molecule has 0 saturated carbocycles. The number of aromatic amines is 1. The number of hydrogen-bond donors (Lipinski definition) is 1. The zero-order valence-corrected chi connectivity index (χ0v) is 15.4. The van der Waals surface area contributed by atoms with Crippen LogP contribution in [-0.2, 0) is 5.75 Å². The molecule has 2 aromatic carbocycles. The Morgan fingerprint density at radius 1 is 1.04 bits per heavy atom. The summed E-state index contributed by atoms with van der Waals surface area (Å²) in [5, 5.41) is 4.96. The second-order valence-corrected chi connectivity index (χ2v) is 7.15. The summed E-state index contributed by atoms with van der Waals surface area (Å²) in [6.45, 7) is 3.96. The summed E-state index contributed by atoms with van der Waals surface area (Å²) in [5.41, 5.74) is 5.43. The molecule has 1 N–H and O–H groups in total. The van der Waals surface area contributed by atoms with Crippen molar-refractivity contribution in [1.29, 1.82) is 0 Å². The number of nitrogens with one attached hydrogen (secondary N) is 1. The van der Waals surface area contributed by atoms with Crippen molar-refractivity contribution in [3.63, 3.8) is 0 Å². The van der Waals surface area contributed by atoms with Crippen molar-refractivity contribution >= 4 is 17.4 Å². The molecule has 2 aromatic heterocycles. The van der Waals surface area contributed by atoms with Crippen LogP contribution in [0.3, 0.4) is 0 Å². The van der Waals surface area contributed by atoms with E-state index in [-0.39, 0.29) is 5.69 Å². The van der Waals surface area contributed by atoms with Gasteiger partial charge in [-0.3, -0.25) is 4.98 Å². The Hall–Kier alpha value is -2.86. The van der Waals surface area contributed by atoms with Crippen LogP contribution in [0, 0.1) is 13.8 Å². The van der Waals surface area contributed by atoms with Gasteiger partial charge in [0.05, 0.1) is 5.69 Å². The number of nitrogens with zero attached hydrogens (tertiary/aromatic N) is 3. The van der Waals surface area contributed by atoms with Crippen LogP contribution in [0.4, 0.5) is 0 Å². The zero-order valence-electron chi connectivity index (χ0n) is 14.6. The smallest absolute Gasteiger partial charge is 0.285 e. The third-order valence-electron chi connectivity index (χ3n) is 4.21. The zero-order chi connectivity index (χ0) is 18.1. The highest BCUT2D eigenvalue weighted by Crippen LogP contribution is 2.27. The molecule has 4 rings (SSSR count). The molecule has 130 valence electrons. The van der Waals surface area contributed by atoms with E-state index in [1.165, 1.54) is 27.4 Å². The van der Waals surface area contributed by atoms with E-state index in [1.54, 1.807) is 0 Å². The molecule has 0 spiro atoms. The van der Waals surface area contributed by atoms with Crippen LogP contribution >= 0.6 is 11.8 Å². The van der Waals surface area contributed by atoms with Crippen molar-refractivity contribution in [2.75, 3.05) is 0 Å². The summed E-state index contributed by atoms with van der Waals surface area (Å²) < 4.78 is 1.34. The standard InChI is InChI=1S/C20H18N4OS/c1-13-8-10-15(11-9-13)12-26-19-21-18-17(16-6-4-3-5-7-16)14(2)23-24(18)20(25)22-19/h3-11H,12H2,1-2H3,(H,21,22,25). The highest BCUT2D eigenvalue weighted by Gasteiger charge is 2.16. The number of aromatic nitrogens is 4. The van der Waals surface area contributed by atoms with E-state index >= 15 is 0 Å². The van der Waals surface area contributed by atoms with Gasteiger partial charge in [0, 0.05) is 11.3 Å². The third-order valence-corrected chi connectivity index (χ3v) is 5.15. The van der Waals surface area contributed by atoms with Gasteiger partial charge in [-0.1, -0.05) is 71.9 Å². The minimum absolute atomic E-state index is 0.272. The number of H-pyrrole nitrogens is 1. The monoisotopic (exact) mass is 362 g/mol. The largest absolute Gasteiger partial charge is 0.350 e. The van der Waals surface area contributed by atoms with Gasteiger partial charge in [-0.05, 0) is 25.0 Å². The quantitative estimate of drug-likeness (QED) is 0.558. The van der Waals surface area contributed by atoms with Crippen LogP contribution in [0.1, 0.15) is 16.8 Å². The van der Waals surface area contributed by atoms with Gasteiger partial charge in [0.15, 0.2) is 10.8 Å². The molecule has 26 heavy (non-hydrogen) atoms. The van der Waals surface area contributed by atoms with Crippen molar-refractivity contribution in [2.45, 2.75) is 24.8 Å². The minimum Gasteiger partial charge on any atom is -0.285 e. The van der Waals surface area contributed by atoms with Crippen LogP contribution < -0.4 is 5.69 Å². The first-order valence-electron chi connectivity index (χ1n) is 8.35. The van der Waals surface area contributed by atoms with Crippen molar-refractivity contribution in [3.8, 4) is 11.1 Å². The number of thioether (sulfide) groups is 1. The van der Waals surface area contributed by atoms with E-state index in [4.69, 9.17) is 0 Å². The molecule has 0 aliphatic rings. The first-order chi connectivity index (χ1) is 12.6. The molecule has 6 heteroatoms. The normalized spacial score (nSPS) is 11.2. The van der Waals surface area contributed by atoms with Gasteiger partial charge >= 0.3 is 5.69 Å².